The lowest BCUT2D eigenvalue weighted by molar-refractivity contribution is -0.153. The van der Waals surface area contributed by atoms with E-state index < -0.39 is 11.4 Å². The summed E-state index contributed by atoms with van der Waals surface area (Å²) in [5.74, 6) is -0.624. The van der Waals surface area contributed by atoms with Crippen molar-refractivity contribution in [2.75, 3.05) is 19.6 Å². The maximum absolute atomic E-state index is 11.4. The van der Waals surface area contributed by atoms with Crippen molar-refractivity contribution in [2.24, 2.45) is 5.41 Å². The number of likely N-dealkylation sites (tertiary alicyclic amines) is 1. The van der Waals surface area contributed by atoms with Crippen LogP contribution in [0.3, 0.4) is 0 Å². The van der Waals surface area contributed by atoms with Crippen LogP contribution in [-0.2, 0) is 4.79 Å². The van der Waals surface area contributed by atoms with Gasteiger partial charge in [0.25, 0.3) is 0 Å². The SMILES string of the molecule is C=C(C)CN1CCCC(CCC)(C(=O)O)C1. The Labute approximate surface area is 98.1 Å². The molecule has 16 heavy (non-hydrogen) atoms. The Morgan fingerprint density at radius 2 is 2.25 bits per heavy atom. The molecule has 1 saturated heterocycles. The van der Waals surface area contributed by atoms with E-state index in [4.69, 9.17) is 0 Å². The fourth-order valence-electron chi connectivity index (χ4n) is 2.71. The molecule has 0 spiro atoms. The van der Waals surface area contributed by atoms with Gasteiger partial charge in [0.05, 0.1) is 5.41 Å². The fraction of sp³-hybridized carbons (Fsp3) is 0.769. The first-order valence-corrected chi connectivity index (χ1v) is 6.10. The van der Waals surface area contributed by atoms with Gasteiger partial charge in [-0.2, -0.15) is 0 Å². The van der Waals surface area contributed by atoms with Crippen molar-refractivity contribution in [1.82, 2.24) is 4.90 Å². The summed E-state index contributed by atoms with van der Waals surface area (Å²) in [7, 11) is 0. The van der Waals surface area contributed by atoms with Crippen LogP contribution in [0, 0.1) is 5.41 Å². The minimum Gasteiger partial charge on any atom is -0.481 e. The van der Waals surface area contributed by atoms with Gasteiger partial charge in [-0.3, -0.25) is 9.69 Å². The smallest absolute Gasteiger partial charge is 0.310 e. The van der Waals surface area contributed by atoms with E-state index >= 15 is 0 Å². The normalized spacial score (nSPS) is 26.6. The molecular weight excluding hydrogens is 202 g/mol. The molecular formula is C13H23NO2. The van der Waals surface area contributed by atoms with Crippen LogP contribution in [-0.4, -0.2) is 35.6 Å². The van der Waals surface area contributed by atoms with E-state index in [1.807, 2.05) is 6.92 Å². The number of carboxylic acid groups (broad SMARTS) is 1. The van der Waals surface area contributed by atoms with E-state index in [2.05, 4.69) is 18.4 Å². The van der Waals surface area contributed by atoms with Crippen molar-refractivity contribution in [2.45, 2.75) is 39.5 Å². The highest BCUT2D eigenvalue weighted by Gasteiger charge is 2.41. The van der Waals surface area contributed by atoms with E-state index in [0.717, 1.165) is 44.3 Å². The fourth-order valence-corrected chi connectivity index (χ4v) is 2.71. The molecule has 0 aromatic heterocycles. The molecule has 1 aliphatic heterocycles. The summed E-state index contributed by atoms with van der Waals surface area (Å²) < 4.78 is 0. The van der Waals surface area contributed by atoms with Crippen LogP contribution in [0.25, 0.3) is 0 Å². The Kier molecular flexibility index (Phi) is 4.54. The highest BCUT2D eigenvalue weighted by molar-refractivity contribution is 5.75. The number of carbonyl (C=O) groups is 1. The molecule has 92 valence electrons. The number of aliphatic carboxylic acids is 1. The molecule has 1 atom stereocenters. The Balaban J connectivity index is 2.70. The van der Waals surface area contributed by atoms with Crippen molar-refractivity contribution in [3.8, 4) is 0 Å². The van der Waals surface area contributed by atoms with Crippen LogP contribution >= 0.6 is 0 Å². The first kappa shape index (κ1) is 13.2. The molecule has 1 rings (SSSR count). The predicted octanol–water partition coefficient (Wildman–Crippen LogP) is 2.53. The van der Waals surface area contributed by atoms with Crippen LogP contribution in [0.4, 0.5) is 0 Å². The van der Waals surface area contributed by atoms with E-state index in [9.17, 15) is 9.90 Å². The number of nitrogens with zero attached hydrogens (tertiary/aromatic N) is 1. The zero-order chi connectivity index (χ0) is 12.2. The van der Waals surface area contributed by atoms with Gasteiger partial charge < -0.3 is 5.11 Å². The zero-order valence-electron chi connectivity index (χ0n) is 10.5. The third-order valence-electron chi connectivity index (χ3n) is 3.33. The van der Waals surface area contributed by atoms with Gasteiger partial charge in [0, 0.05) is 13.1 Å². The van der Waals surface area contributed by atoms with Crippen molar-refractivity contribution < 1.29 is 9.90 Å². The first-order valence-electron chi connectivity index (χ1n) is 6.10. The summed E-state index contributed by atoms with van der Waals surface area (Å²) in [6.07, 6.45) is 3.53. The van der Waals surface area contributed by atoms with Crippen LogP contribution in [0.2, 0.25) is 0 Å². The van der Waals surface area contributed by atoms with Gasteiger partial charge >= 0.3 is 5.97 Å². The summed E-state index contributed by atoms with van der Waals surface area (Å²) >= 11 is 0. The molecule has 0 bridgehead atoms. The van der Waals surface area contributed by atoms with Crippen molar-refractivity contribution in [3.05, 3.63) is 12.2 Å². The molecule has 1 N–H and O–H groups in total. The van der Waals surface area contributed by atoms with Gasteiger partial charge in [0.2, 0.25) is 0 Å². The Morgan fingerprint density at radius 1 is 1.56 bits per heavy atom. The molecule has 1 heterocycles. The number of piperidine rings is 1. The highest BCUT2D eigenvalue weighted by Crippen LogP contribution is 2.35. The molecule has 1 aliphatic rings. The quantitative estimate of drug-likeness (QED) is 0.731. The summed E-state index contributed by atoms with van der Waals surface area (Å²) in [5.41, 5.74) is 0.598. The highest BCUT2D eigenvalue weighted by atomic mass is 16.4. The molecule has 0 radical (unpaired) electrons. The van der Waals surface area contributed by atoms with Crippen LogP contribution in [0.5, 0.6) is 0 Å². The van der Waals surface area contributed by atoms with Gasteiger partial charge in [-0.05, 0) is 32.7 Å². The number of hydrogen-bond acceptors (Lipinski definition) is 2. The third kappa shape index (κ3) is 3.08. The average Bonchev–Trinajstić information content (AvgIpc) is 2.17. The van der Waals surface area contributed by atoms with Gasteiger partial charge in [-0.25, -0.2) is 0 Å². The van der Waals surface area contributed by atoms with Crippen LogP contribution in [0.1, 0.15) is 39.5 Å². The second-order valence-electron chi connectivity index (χ2n) is 5.11. The molecule has 0 aromatic rings. The average molecular weight is 225 g/mol. The Hall–Kier alpha value is -0.830. The monoisotopic (exact) mass is 225 g/mol. The number of carboxylic acids is 1. The Bertz CT molecular complexity index is 271. The molecule has 1 fully saturated rings. The van der Waals surface area contributed by atoms with E-state index in [-0.39, 0.29) is 0 Å². The maximum Gasteiger partial charge on any atom is 0.310 e. The standard InChI is InChI=1S/C13H23NO2/c1-4-6-13(12(15)16)7-5-8-14(10-13)9-11(2)3/h2,4-10H2,1,3H3,(H,15,16). The summed E-state index contributed by atoms with van der Waals surface area (Å²) in [6.45, 7) is 10.5. The first-order chi connectivity index (χ1) is 7.50. The van der Waals surface area contributed by atoms with E-state index in [1.54, 1.807) is 0 Å². The molecule has 0 saturated carbocycles. The van der Waals surface area contributed by atoms with Crippen molar-refractivity contribution >= 4 is 5.97 Å². The van der Waals surface area contributed by atoms with Gasteiger partial charge in [0.1, 0.15) is 0 Å². The molecule has 0 aliphatic carbocycles. The molecule has 3 heteroatoms. The van der Waals surface area contributed by atoms with E-state index in [0.29, 0.717) is 6.54 Å². The lowest BCUT2D eigenvalue weighted by Crippen LogP contribution is -2.48. The van der Waals surface area contributed by atoms with Crippen LogP contribution < -0.4 is 0 Å². The molecule has 1 unspecified atom stereocenters. The largest absolute Gasteiger partial charge is 0.481 e. The minimum atomic E-state index is -0.624. The summed E-state index contributed by atoms with van der Waals surface area (Å²) in [4.78, 5) is 13.7. The summed E-state index contributed by atoms with van der Waals surface area (Å²) in [6, 6.07) is 0. The third-order valence-corrected chi connectivity index (χ3v) is 3.33. The molecule has 0 aromatic carbocycles. The van der Waals surface area contributed by atoms with E-state index in [1.165, 1.54) is 0 Å². The topological polar surface area (TPSA) is 40.5 Å². The van der Waals surface area contributed by atoms with Gasteiger partial charge in [-0.1, -0.05) is 25.5 Å². The Morgan fingerprint density at radius 3 is 2.75 bits per heavy atom. The lowest BCUT2D eigenvalue weighted by atomic mass is 9.76. The minimum absolute atomic E-state index is 0.511. The van der Waals surface area contributed by atoms with Crippen LogP contribution in [0.15, 0.2) is 12.2 Å². The maximum atomic E-state index is 11.4. The second-order valence-corrected chi connectivity index (χ2v) is 5.11. The van der Waals surface area contributed by atoms with Crippen molar-refractivity contribution in [1.29, 1.82) is 0 Å². The summed E-state index contributed by atoms with van der Waals surface area (Å²) in [5, 5.41) is 9.42. The number of hydrogen-bond donors (Lipinski definition) is 1. The molecule has 0 amide bonds. The van der Waals surface area contributed by atoms with Gasteiger partial charge in [0.15, 0.2) is 0 Å². The van der Waals surface area contributed by atoms with Gasteiger partial charge in [-0.15, -0.1) is 0 Å². The zero-order valence-corrected chi connectivity index (χ0v) is 10.5. The second kappa shape index (κ2) is 5.48. The van der Waals surface area contributed by atoms with Crippen molar-refractivity contribution in [3.63, 3.8) is 0 Å². The number of rotatable bonds is 5. The lowest BCUT2D eigenvalue weighted by Gasteiger charge is -2.40. The predicted molar refractivity (Wildman–Crippen MR) is 65.5 cm³/mol. The molecule has 3 nitrogen and oxygen atoms in total.